The van der Waals surface area contributed by atoms with Gasteiger partial charge in [-0.15, -0.1) is 11.3 Å². The van der Waals surface area contributed by atoms with Gasteiger partial charge in [-0.2, -0.15) is 0 Å². The Hall–Kier alpha value is -6.87. The first-order valence-corrected chi connectivity index (χ1v) is 22.3. The van der Waals surface area contributed by atoms with Gasteiger partial charge in [0, 0.05) is 37.2 Å². The molecule has 1 aliphatic heterocycles. The van der Waals surface area contributed by atoms with E-state index in [1.165, 1.54) is 92.5 Å². The average molecular weight is 800 g/mol. The van der Waals surface area contributed by atoms with Crippen molar-refractivity contribution in [2.24, 2.45) is 10.9 Å². The molecule has 2 heterocycles. The van der Waals surface area contributed by atoms with Gasteiger partial charge in [-0.05, 0) is 98.3 Å². The Morgan fingerprint density at radius 3 is 1.77 bits per heavy atom. The highest BCUT2D eigenvalue weighted by molar-refractivity contribution is 7.26. The van der Waals surface area contributed by atoms with Crippen LogP contribution in [0.1, 0.15) is 66.1 Å². The molecule has 8 aromatic carbocycles. The van der Waals surface area contributed by atoms with E-state index >= 15 is 0 Å². The zero-order valence-electron chi connectivity index (χ0n) is 34.7. The van der Waals surface area contributed by atoms with E-state index < -0.39 is 5.41 Å². The Morgan fingerprint density at radius 1 is 0.508 bits per heavy atom. The molecule has 0 saturated carbocycles. The van der Waals surface area contributed by atoms with Gasteiger partial charge in [0.15, 0.2) is 0 Å². The minimum absolute atomic E-state index is 0.0678. The zero-order valence-corrected chi connectivity index (χ0v) is 35.5. The highest BCUT2D eigenvalue weighted by Gasteiger charge is 2.47. The molecule has 292 valence electrons. The lowest BCUT2D eigenvalue weighted by Gasteiger charge is -2.34. The van der Waals surface area contributed by atoms with Crippen molar-refractivity contribution < 1.29 is 0 Å². The third-order valence-corrected chi connectivity index (χ3v) is 14.5. The van der Waals surface area contributed by atoms with Crippen LogP contribution in [0.25, 0.3) is 53.7 Å². The van der Waals surface area contributed by atoms with Crippen LogP contribution < -0.4 is 0 Å². The number of nitrogens with zero attached hydrogens (tertiary/aromatic N) is 1. The molecule has 11 rings (SSSR count). The Morgan fingerprint density at radius 2 is 1.08 bits per heavy atom. The van der Waals surface area contributed by atoms with E-state index in [2.05, 4.69) is 221 Å². The van der Waals surface area contributed by atoms with Crippen LogP contribution in [-0.4, -0.2) is 5.71 Å². The summed E-state index contributed by atoms with van der Waals surface area (Å²) in [5.41, 5.74) is 19.3. The SMILES string of the molecule is CCC1=C(c2cc3c(cc2-c2ccccc2)C(c2ccccc2)(c2ccccc2)c2ccccc2-3)[C@@H](C)C(C)=C(c2ccccc2)N=C1c1cccc2c1sc1ccccc12. The fraction of sp³-hybridized carbons (Fsp3) is 0.102. The van der Waals surface area contributed by atoms with Gasteiger partial charge in [-0.25, -0.2) is 4.99 Å². The lowest BCUT2D eigenvalue weighted by molar-refractivity contribution is 0.768. The molecule has 0 bridgehead atoms. The quantitative estimate of drug-likeness (QED) is 0.152. The number of hydrogen-bond donors (Lipinski definition) is 0. The molecule has 0 amide bonds. The molecule has 0 N–H and O–H groups in total. The predicted octanol–water partition coefficient (Wildman–Crippen LogP) is 15.8. The molecule has 2 aliphatic rings. The summed E-state index contributed by atoms with van der Waals surface area (Å²) in [4.78, 5) is 5.85. The predicted molar refractivity (Wildman–Crippen MR) is 260 cm³/mol. The Labute approximate surface area is 362 Å². The van der Waals surface area contributed by atoms with E-state index in [1.54, 1.807) is 0 Å². The fourth-order valence-electron chi connectivity index (χ4n) is 10.4. The molecule has 0 fully saturated rings. The molecular formula is C59H45NS. The van der Waals surface area contributed by atoms with Crippen molar-refractivity contribution in [2.75, 3.05) is 0 Å². The van der Waals surface area contributed by atoms with Gasteiger partial charge in [-0.1, -0.05) is 196 Å². The van der Waals surface area contributed by atoms with E-state index in [-0.39, 0.29) is 5.92 Å². The zero-order chi connectivity index (χ0) is 41.1. The minimum Gasteiger partial charge on any atom is -0.247 e. The van der Waals surface area contributed by atoms with Crippen LogP contribution in [0.3, 0.4) is 0 Å². The molecule has 0 saturated heterocycles. The summed E-state index contributed by atoms with van der Waals surface area (Å²) in [6.45, 7) is 7.05. The number of fused-ring (bicyclic) bond motifs is 6. The number of hydrogen-bond acceptors (Lipinski definition) is 2. The van der Waals surface area contributed by atoms with Gasteiger partial charge in [0.2, 0.25) is 0 Å². The van der Waals surface area contributed by atoms with Gasteiger partial charge < -0.3 is 0 Å². The molecule has 0 unspecified atom stereocenters. The van der Waals surface area contributed by atoms with E-state index in [0.29, 0.717) is 0 Å². The number of allylic oxidation sites excluding steroid dienone is 3. The van der Waals surface area contributed by atoms with Crippen LogP contribution in [0, 0.1) is 5.92 Å². The molecule has 0 radical (unpaired) electrons. The van der Waals surface area contributed by atoms with Crippen molar-refractivity contribution in [2.45, 2.75) is 32.6 Å². The second-order valence-electron chi connectivity index (χ2n) is 16.4. The van der Waals surface area contributed by atoms with Crippen LogP contribution in [0.15, 0.2) is 216 Å². The summed E-state index contributed by atoms with van der Waals surface area (Å²) in [5, 5.41) is 2.59. The van der Waals surface area contributed by atoms with Crippen molar-refractivity contribution >= 4 is 48.5 Å². The lowest BCUT2D eigenvalue weighted by Crippen LogP contribution is -2.28. The third-order valence-electron chi connectivity index (χ3n) is 13.3. The van der Waals surface area contributed by atoms with E-state index in [0.717, 1.165) is 23.4 Å². The van der Waals surface area contributed by atoms with Crippen molar-refractivity contribution in [1.29, 1.82) is 0 Å². The molecular weight excluding hydrogens is 755 g/mol. The second kappa shape index (κ2) is 15.0. The molecule has 1 aliphatic carbocycles. The van der Waals surface area contributed by atoms with Gasteiger partial charge in [0.25, 0.3) is 0 Å². The Bertz CT molecular complexity index is 3180. The maximum absolute atomic E-state index is 5.85. The van der Waals surface area contributed by atoms with Crippen LogP contribution in [0.5, 0.6) is 0 Å². The monoisotopic (exact) mass is 799 g/mol. The first-order chi connectivity index (χ1) is 30.1. The second-order valence-corrected chi connectivity index (χ2v) is 17.5. The van der Waals surface area contributed by atoms with Crippen molar-refractivity contribution in [1.82, 2.24) is 0 Å². The molecule has 0 spiro atoms. The first kappa shape index (κ1) is 37.2. The summed E-state index contributed by atoms with van der Waals surface area (Å²) in [6.07, 6.45) is 0.828. The smallest absolute Gasteiger partial charge is 0.0758 e. The summed E-state index contributed by atoms with van der Waals surface area (Å²) in [6, 6.07) is 74.1. The largest absolute Gasteiger partial charge is 0.247 e. The molecule has 1 aromatic heterocycles. The van der Waals surface area contributed by atoms with E-state index in [4.69, 9.17) is 4.99 Å². The Balaban J connectivity index is 1.27. The number of thiophene rings is 1. The van der Waals surface area contributed by atoms with Crippen LogP contribution in [0.2, 0.25) is 0 Å². The minimum atomic E-state index is -0.507. The van der Waals surface area contributed by atoms with Gasteiger partial charge in [0.05, 0.1) is 16.8 Å². The topological polar surface area (TPSA) is 12.4 Å². The van der Waals surface area contributed by atoms with Crippen LogP contribution in [-0.2, 0) is 5.41 Å². The molecule has 9 aromatic rings. The van der Waals surface area contributed by atoms with Gasteiger partial charge in [0.1, 0.15) is 0 Å². The average Bonchev–Trinajstić information content (AvgIpc) is 3.82. The van der Waals surface area contributed by atoms with E-state index in [1.807, 2.05) is 11.3 Å². The summed E-state index contributed by atoms with van der Waals surface area (Å²) < 4.78 is 2.59. The molecule has 1 atom stereocenters. The Kier molecular flexibility index (Phi) is 9.13. The van der Waals surface area contributed by atoms with Crippen molar-refractivity contribution in [3.8, 4) is 22.3 Å². The summed E-state index contributed by atoms with van der Waals surface area (Å²) in [5.74, 6) is 0.0678. The van der Waals surface area contributed by atoms with Crippen LogP contribution in [0.4, 0.5) is 0 Å². The van der Waals surface area contributed by atoms with Crippen LogP contribution >= 0.6 is 11.3 Å². The standard InChI is InChI=1S/C59H45NS/c1-4-44-55(38(2)39(3)56(41-24-11-6-12-25-41)60-57(44)48-33-21-32-47-46-31-18-20-35-54(46)61-58(47)48)51-36-50-45-30-17-19-34-52(45)59(42-26-13-7-14-27-42,43-28-15-8-16-29-43)53(50)37-49(51)40-22-9-5-10-23-40/h5-38H,4H2,1-3H3/t38-/m0/s1. The lowest BCUT2D eigenvalue weighted by atomic mass is 9.67. The maximum atomic E-state index is 5.85. The maximum Gasteiger partial charge on any atom is 0.0758 e. The van der Waals surface area contributed by atoms with Crippen molar-refractivity contribution in [3.05, 3.63) is 250 Å². The molecule has 61 heavy (non-hydrogen) atoms. The summed E-state index contributed by atoms with van der Waals surface area (Å²) >= 11 is 1.88. The van der Waals surface area contributed by atoms with Gasteiger partial charge in [-0.3, -0.25) is 0 Å². The number of rotatable bonds is 7. The highest BCUT2D eigenvalue weighted by Crippen LogP contribution is 2.58. The van der Waals surface area contributed by atoms with E-state index in [9.17, 15) is 0 Å². The number of benzene rings is 8. The normalized spacial score (nSPS) is 15.8. The summed E-state index contributed by atoms with van der Waals surface area (Å²) in [7, 11) is 0. The molecule has 1 nitrogen and oxygen atoms in total. The number of aliphatic imine (C=N–C) groups is 1. The van der Waals surface area contributed by atoms with Gasteiger partial charge >= 0.3 is 0 Å². The fourth-order valence-corrected chi connectivity index (χ4v) is 11.7. The first-order valence-electron chi connectivity index (χ1n) is 21.5. The third kappa shape index (κ3) is 5.77. The van der Waals surface area contributed by atoms with Crippen molar-refractivity contribution in [3.63, 3.8) is 0 Å². The highest BCUT2D eigenvalue weighted by atomic mass is 32.1. The molecule has 2 heteroatoms.